The van der Waals surface area contributed by atoms with Crippen LogP contribution in [-0.4, -0.2) is 39.8 Å². The monoisotopic (exact) mass is 355 g/mol. The van der Waals surface area contributed by atoms with Gasteiger partial charge < -0.3 is 19.5 Å². The van der Waals surface area contributed by atoms with Crippen LogP contribution in [0.1, 0.15) is 24.3 Å². The van der Waals surface area contributed by atoms with Crippen molar-refractivity contribution in [3.63, 3.8) is 0 Å². The zero-order valence-corrected chi connectivity index (χ0v) is 13.6. The number of rotatable bonds is 6. The van der Waals surface area contributed by atoms with Crippen LogP contribution in [0.4, 0.5) is 13.2 Å². The molecule has 1 N–H and O–H groups in total. The first-order chi connectivity index (χ1) is 10.5. The Kier molecular flexibility index (Phi) is 7.94. The van der Waals surface area contributed by atoms with Gasteiger partial charge in [-0.1, -0.05) is 0 Å². The largest absolute Gasteiger partial charge is 0.573 e. The van der Waals surface area contributed by atoms with Crippen molar-refractivity contribution in [3.05, 3.63) is 23.8 Å². The summed E-state index contributed by atoms with van der Waals surface area (Å²) in [5, 5.41) is 3.24. The maximum Gasteiger partial charge on any atom is 0.573 e. The van der Waals surface area contributed by atoms with Gasteiger partial charge in [0, 0.05) is 12.7 Å². The molecule has 1 aliphatic heterocycles. The Balaban J connectivity index is 0.00000264. The van der Waals surface area contributed by atoms with Crippen molar-refractivity contribution >= 4 is 12.4 Å². The summed E-state index contributed by atoms with van der Waals surface area (Å²) in [5.74, 6) is 0.550. The predicted octanol–water partition coefficient (Wildman–Crippen LogP) is 3.50. The number of ether oxygens (including phenoxy) is 3. The van der Waals surface area contributed by atoms with E-state index in [0.717, 1.165) is 31.5 Å². The zero-order valence-electron chi connectivity index (χ0n) is 12.8. The molecule has 0 bridgehead atoms. The van der Waals surface area contributed by atoms with Crippen LogP contribution in [0.5, 0.6) is 11.5 Å². The highest BCUT2D eigenvalue weighted by atomic mass is 35.5. The van der Waals surface area contributed by atoms with E-state index in [0.29, 0.717) is 19.0 Å². The van der Waals surface area contributed by atoms with Crippen molar-refractivity contribution in [1.82, 2.24) is 5.32 Å². The van der Waals surface area contributed by atoms with E-state index in [2.05, 4.69) is 10.1 Å². The van der Waals surface area contributed by atoms with E-state index in [1.807, 2.05) is 0 Å². The normalized spacial score (nSPS) is 15.8. The number of alkyl halides is 3. The van der Waals surface area contributed by atoms with Gasteiger partial charge in [0.25, 0.3) is 0 Å². The zero-order chi connectivity index (χ0) is 16.0. The summed E-state index contributed by atoms with van der Waals surface area (Å²) in [6, 6.07) is 4.25. The van der Waals surface area contributed by atoms with Crippen LogP contribution in [0.15, 0.2) is 18.2 Å². The lowest BCUT2D eigenvalue weighted by Gasteiger charge is -2.25. The molecule has 0 aromatic heterocycles. The van der Waals surface area contributed by atoms with Crippen molar-refractivity contribution in [2.24, 2.45) is 0 Å². The second-order valence-corrected chi connectivity index (χ2v) is 5.11. The Morgan fingerprint density at radius 3 is 2.48 bits per heavy atom. The molecule has 0 spiro atoms. The third kappa shape index (κ3) is 6.45. The van der Waals surface area contributed by atoms with Crippen LogP contribution < -0.4 is 14.8 Å². The van der Waals surface area contributed by atoms with E-state index in [9.17, 15) is 13.2 Å². The number of hydrogen-bond donors (Lipinski definition) is 1. The van der Waals surface area contributed by atoms with Gasteiger partial charge in [0.05, 0.1) is 6.61 Å². The van der Waals surface area contributed by atoms with Gasteiger partial charge >= 0.3 is 6.36 Å². The SMILES string of the molecule is COCCOc1ccc(OC(F)(F)F)cc1C1CCNCC1.Cl. The Bertz CT molecular complexity index is 480. The standard InChI is InChI=1S/C15H20F3NO3.ClH/c1-20-8-9-21-14-3-2-12(22-15(16,17)18)10-13(14)11-4-6-19-7-5-11;/h2-3,10-11,19H,4-9H2,1H3;1H. The highest BCUT2D eigenvalue weighted by Crippen LogP contribution is 2.36. The maximum absolute atomic E-state index is 12.4. The fourth-order valence-electron chi connectivity index (χ4n) is 2.54. The molecular weight excluding hydrogens is 335 g/mol. The van der Waals surface area contributed by atoms with Crippen LogP contribution in [0, 0.1) is 0 Å². The summed E-state index contributed by atoms with van der Waals surface area (Å²) >= 11 is 0. The fraction of sp³-hybridized carbons (Fsp3) is 0.600. The molecule has 132 valence electrons. The van der Waals surface area contributed by atoms with E-state index in [-0.39, 0.29) is 24.1 Å². The number of halogens is 4. The lowest BCUT2D eigenvalue weighted by atomic mass is 9.89. The van der Waals surface area contributed by atoms with E-state index in [1.165, 1.54) is 18.2 Å². The third-order valence-electron chi connectivity index (χ3n) is 3.54. The maximum atomic E-state index is 12.4. The fourth-order valence-corrected chi connectivity index (χ4v) is 2.54. The molecule has 0 saturated carbocycles. The van der Waals surface area contributed by atoms with Gasteiger partial charge in [-0.3, -0.25) is 0 Å². The van der Waals surface area contributed by atoms with E-state index < -0.39 is 6.36 Å². The van der Waals surface area contributed by atoms with Crippen LogP contribution in [-0.2, 0) is 4.74 Å². The van der Waals surface area contributed by atoms with Gasteiger partial charge in [-0.05, 0) is 50.0 Å². The number of nitrogens with one attached hydrogen (secondary N) is 1. The molecule has 0 aliphatic carbocycles. The Hall–Kier alpha value is -1.18. The van der Waals surface area contributed by atoms with Gasteiger partial charge in [0.2, 0.25) is 0 Å². The molecule has 1 fully saturated rings. The summed E-state index contributed by atoms with van der Waals surface area (Å²) in [6.45, 7) is 2.46. The van der Waals surface area contributed by atoms with Crippen LogP contribution in [0.3, 0.4) is 0 Å². The first-order valence-electron chi connectivity index (χ1n) is 7.22. The van der Waals surface area contributed by atoms with Crippen LogP contribution in [0.25, 0.3) is 0 Å². The number of methoxy groups -OCH3 is 1. The van der Waals surface area contributed by atoms with Crippen LogP contribution in [0.2, 0.25) is 0 Å². The first-order valence-corrected chi connectivity index (χ1v) is 7.22. The van der Waals surface area contributed by atoms with Crippen molar-refractivity contribution in [1.29, 1.82) is 0 Å². The number of hydrogen-bond acceptors (Lipinski definition) is 4. The summed E-state index contributed by atoms with van der Waals surface area (Å²) in [7, 11) is 1.57. The van der Waals surface area contributed by atoms with Crippen molar-refractivity contribution in [2.45, 2.75) is 25.1 Å². The molecule has 1 aromatic rings. The van der Waals surface area contributed by atoms with Crippen molar-refractivity contribution < 1.29 is 27.4 Å². The molecule has 2 rings (SSSR count). The molecule has 1 saturated heterocycles. The minimum Gasteiger partial charge on any atom is -0.491 e. The van der Waals surface area contributed by atoms with Gasteiger partial charge in [-0.25, -0.2) is 0 Å². The molecule has 8 heteroatoms. The summed E-state index contributed by atoms with van der Waals surface area (Å²) < 4.78 is 51.7. The summed E-state index contributed by atoms with van der Waals surface area (Å²) in [5.41, 5.74) is 0.763. The molecule has 0 radical (unpaired) electrons. The minimum atomic E-state index is -4.69. The average Bonchev–Trinajstić information content (AvgIpc) is 2.48. The molecule has 0 amide bonds. The van der Waals surface area contributed by atoms with E-state index in [4.69, 9.17) is 9.47 Å². The first kappa shape index (κ1) is 19.9. The van der Waals surface area contributed by atoms with Crippen molar-refractivity contribution in [2.75, 3.05) is 33.4 Å². The highest BCUT2D eigenvalue weighted by molar-refractivity contribution is 5.85. The summed E-state index contributed by atoms with van der Waals surface area (Å²) in [6.07, 6.45) is -2.98. The molecule has 1 aromatic carbocycles. The lowest BCUT2D eigenvalue weighted by Crippen LogP contribution is -2.27. The van der Waals surface area contributed by atoms with Gasteiger partial charge in [0.1, 0.15) is 18.1 Å². The van der Waals surface area contributed by atoms with Crippen molar-refractivity contribution in [3.8, 4) is 11.5 Å². The van der Waals surface area contributed by atoms with Gasteiger partial charge in [-0.2, -0.15) is 0 Å². The molecule has 1 aliphatic rings. The summed E-state index contributed by atoms with van der Waals surface area (Å²) in [4.78, 5) is 0. The predicted molar refractivity (Wildman–Crippen MR) is 82.6 cm³/mol. The highest BCUT2D eigenvalue weighted by Gasteiger charge is 2.31. The van der Waals surface area contributed by atoms with E-state index in [1.54, 1.807) is 7.11 Å². The number of piperidine rings is 1. The van der Waals surface area contributed by atoms with Gasteiger partial charge in [0.15, 0.2) is 0 Å². The molecular formula is C15H21ClF3NO3. The van der Waals surface area contributed by atoms with E-state index >= 15 is 0 Å². The molecule has 4 nitrogen and oxygen atoms in total. The van der Waals surface area contributed by atoms with Gasteiger partial charge in [-0.15, -0.1) is 25.6 Å². The Morgan fingerprint density at radius 2 is 1.87 bits per heavy atom. The average molecular weight is 356 g/mol. The number of benzene rings is 1. The molecule has 0 atom stereocenters. The molecule has 0 unspecified atom stereocenters. The third-order valence-corrected chi connectivity index (χ3v) is 3.54. The Morgan fingerprint density at radius 1 is 1.17 bits per heavy atom. The molecule has 23 heavy (non-hydrogen) atoms. The quantitative estimate of drug-likeness (QED) is 0.793. The lowest BCUT2D eigenvalue weighted by molar-refractivity contribution is -0.274. The Labute approximate surface area is 139 Å². The van der Waals surface area contributed by atoms with Crippen LogP contribution >= 0.6 is 12.4 Å². The minimum absolute atomic E-state index is 0. The second-order valence-electron chi connectivity index (χ2n) is 5.11. The second kappa shape index (κ2) is 9.20. The molecule has 1 heterocycles. The smallest absolute Gasteiger partial charge is 0.491 e. The topological polar surface area (TPSA) is 39.7 Å².